The van der Waals surface area contributed by atoms with Crippen molar-refractivity contribution in [3.05, 3.63) is 45.6 Å². The van der Waals surface area contributed by atoms with Crippen molar-refractivity contribution in [2.45, 2.75) is 18.9 Å². The molecular weight excluding hydrogens is 272 g/mol. The Morgan fingerprint density at radius 1 is 1.45 bits per heavy atom. The number of benzene rings is 1. The minimum Gasteiger partial charge on any atom is -0.496 e. The van der Waals surface area contributed by atoms with E-state index in [1.54, 1.807) is 18.4 Å². The van der Waals surface area contributed by atoms with Crippen molar-refractivity contribution in [3.63, 3.8) is 0 Å². The molecule has 0 saturated carbocycles. The highest BCUT2D eigenvalue weighted by molar-refractivity contribution is 7.10. The highest BCUT2D eigenvalue weighted by Gasteiger charge is 2.22. The van der Waals surface area contributed by atoms with Gasteiger partial charge in [-0.25, -0.2) is 5.43 Å². The second-order valence-electron chi connectivity index (χ2n) is 4.78. The average Bonchev–Trinajstić information content (AvgIpc) is 2.97. The van der Waals surface area contributed by atoms with E-state index in [-0.39, 0.29) is 6.04 Å². The van der Waals surface area contributed by atoms with E-state index in [2.05, 4.69) is 23.6 Å². The number of para-hydroxylation sites is 1. The van der Waals surface area contributed by atoms with Crippen LogP contribution < -0.4 is 20.7 Å². The van der Waals surface area contributed by atoms with Crippen LogP contribution in [0, 0.1) is 0 Å². The Morgan fingerprint density at radius 3 is 3.10 bits per heavy atom. The fourth-order valence-electron chi connectivity index (χ4n) is 2.56. The molecule has 1 atom stereocenters. The van der Waals surface area contributed by atoms with Crippen molar-refractivity contribution in [1.29, 1.82) is 0 Å². The van der Waals surface area contributed by atoms with E-state index in [0.29, 0.717) is 0 Å². The normalized spacial score (nSPS) is 15.3. The number of nitrogens with one attached hydrogen (secondary N) is 1. The first-order valence-corrected chi connectivity index (χ1v) is 7.54. The predicted molar refractivity (Wildman–Crippen MR) is 80.3 cm³/mol. The highest BCUT2D eigenvalue weighted by Crippen LogP contribution is 2.38. The molecule has 0 amide bonds. The summed E-state index contributed by atoms with van der Waals surface area (Å²) in [6.45, 7) is 0.773. The van der Waals surface area contributed by atoms with E-state index in [0.717, 1.165) is 41.4 Å². The predicted octanol–water partition coefficient (Wildman–Crippen LogP) is 2.63. The SMILES string of the molecule is COc1csc(C(NN)c2cccc3c2OCCC3)c1. The summed E-state index contributed by atoms with van der Waals surface area (Å²) < 4.78 is 11.1. The van der Waals surface area contributed by atoms with Gasteiger partial charge in [0.2, 0.25) is 0 Å². The van der Waals surface area contributed by atoms with Crippen LogP contribution in [0.15, 0.2) is 29.6 Å². The summed E-state index contributed by atoms with van der Waals surface area (Å²) >= 11 is 1.63. The van der Waals surface area contributed by atoms with Crippen LogP contribution >= 0.6 is 11.3 Å². The first-order valence-electron chi connectivity index (χ1n) is 6.66. The lowest BCUT2D eigenvalue weighted by Crippen LogP contribution is -2.29. The Labute approximate surface area is 122 Å². The molecule has 1 unspecified atom stereocenters. The maximum absolute atomic E-state index is 5.87. The quantitative estimate of drug-likeness (QED) is 0.671. The Morgan fingerprint density at radius 2 is 2.35 bits per heavy atom. The van der Waals surface area contributed by atoms with Gasteiger partial charge in [-0.15, -0.1) is 11.3 Å². The van der Waals surface area contributed by atoms with Crippen LogP contribution in [0.3, 0.4) is 0 Å². The zero-order valence-electron chi connectivity index (χ0n) is 11.4. The lowest BCUT2D eigenvalue weighted by Gasteiger charge is -2.24. The highest BCUT2D eigenvalue weighted by atomic mass is 32.1. The lowest BCUT2D eigenvalue weighted by atomic mass is 9.97. The summed E-state index contributed by atoms with van der Waals surface area (Å²) in [6, 6.07) is 8.20. The molecule has 0 aliphatic carbocycles. The van der Waals surface area contributed by atoms with Crippen molar-refractivity contribution in [3.8, 4) is 11.5 Å². The number of aryl methyl sites for hydroxylation is 1. The Hall–Kier alpha value is -1.56. The third-order valence-electron chi connectivity index (χ3n) is 3.56. The van der Waals surface area contributed by atoms with Gasteiger partial charge in [0, 0.05) is 15.8 Å². The summed E-state index contributed by atoms with van der Waals surface area (Å²) in [7, 11) is 1.67. The zero-order valence-corrected chi connectivity index (χ0v) is 12.2. The molecule has 5 heteroatoms. The molecule has 2 aromatic rings. The molecule has 20 heavy (non-hydrogen) atoms. The van der Waals surface area contributed by atoms with Gasteiger partial charge in [0.1, 0.15) is 11.5 Å². The molecule has 106 valence electrons. The number of fused-ring (bicyclic) bond motifs is 1. The Bertz CT molecular complexity index is 597. The third-order valence-corrected chi connectivity index (χ3v) is 4.53. The minimum atomic E-state index is -0.0723. The van der Waals surface area contributed by atoms with Crippen LogP contribution in [0.5, 0.6) is 11.5 Å². The molecule has 1 aliphatic rings. The zero-order chi connectivity index (χ0) is 13.9. The van der Waals surface area contributed by atoms with E-state index in [1.807, 2.05) is 11.4 Å². The number of hydrogen-bond acceptors (Lipinski definition) is 5. The molecule has 0 bridgehead atoms. The lowest BCUT2D eigenvalue weighted by molar-refractivity contribution is 0.283. The molecular formula is C15H18N2O2S. The Balaban J connectivity index is 2.01. The summed E-state index contributed by atoms with van der Waals surface area (Å²) in [5, 5.41) is 1.98. The summed E-state index contributed by atoms with van der Waals surface area (Å²) in [4.78, 5) is 1.12. The smallest absolute Gasteiger partial charge is 0.129 e. The van der Waals surface area contributed by atoms with Gasteiger partial charge >= 0.3 is 0 Å². The molecule has 3 rings (SSSR count). The summed E-state index contributed by atoms with van der Waals surface area (Å²) in [6.07, 6.45) is 2.14. The van der Waals surface area contributed by atoms with Crippen molar-refractivity contribution in [2.75, 3.05) is 13.7 Å². The number of hydrazine groups is 1. The molecule has 3 N–H and O–H groups in total. The van der Waals surface area contributed by atoms with Crippen LogP contribution in [0.2, 0.25) is 0 Å². The summed E-state index contributed by atoms with van der Waals surface area (Å²) in [5.41, 5.74) is 5.25. The first kappa shape index (κ1) is 13.4. The van der Waals surface area contributed by atoms with Crippen molar-refractivity contribution in [2.24, 2.45) is 5.84 Å². The van der Waals surface area contributed by atoms with Crippen molar-refractivity contribution >= 4 is 11.3 Å². The number of ether oxygens (including phenoxy) is 2. The Kier molecular flexibility index (Phi) is 3.91. The monoisotopic (exact) mass is 290 g/mol. The molecule has 0 spiro atoms. The summed E-state index contributed by atoms with van der Waals surface area (Å²) in [5.74, 6) is 7.62. The van der Waals surface area contributed by atoms with Gasteiger partial charge in [0.25, 0.3) is 0 Å². The van der Waals surface area contributed by atoms with Crippen LogP contribution in [-0.4, -0.2) is 13.7 Å². The van der Waals surface area contributed by atoms with Gasteiger partial charge in [0.05, 0.1) is 19.8 Å². The number of rotatable bonds is 4. The molecule has 1 aliphatic heterocycles. The van der Waals surface area contributed by atoms with E-state index in [4.69, 9.17) is 15.3 Å². The van der Waals surface area contributed by atoms with Crippen LogP contribution in [-0.2, 0) is 6.42 Å². The number of methoxy groups -OCH3 is 1. The topological polar surface area (TPSA) is 56.5 Å². The van der Waals surface area contributed by atoms with Crippen molar-refractivity contribution < 1.29 is 9.47 Å². The van der Waals surface area contributed by atoms with E-state index in [9.17, 15) is 0 Å². The van der Waals surface area contributed by atoms with Crippen LogP contribution in [0.25, 0.3) is 0 Å². The second kappa shape index (κ2) is 5.83. The third kappa shape index (κ3) is 2.40. The van der Waals surface area contributed by atoms with E-state index in [1.165, 1.54) is 5.56 Å². The van der Waals surface area contributed by atoms with E-state index < -0.39 is 0 Å². The van der Waals surface area contributed by atoms with Crippen LogP contribution in [0.1, 0.15) is 28.5 Å². The number of hydrogen-bond donors (Lipinski definition) is 2. The van der Waals surface area contributed by atoms with Gasteiger partial charge in [-0.3, -0.25) is 5.84 Å². The number of thiophene rings is 1. The largest absolute Gasteiger partial charge is 0.496 e. The number of nitrogens with two attached hydrogens (primary N) is 1. The molecule has 0 radical (unpaired) electrons. The maximum Gasteiger partial charge on any atom is 0.129 e. The van der Waals surface area contributed by atoms with Crippen molar-refractivity contribution in [1.82, 2.24) is 5.43 Å². The fraction of sp³-hybridized carbons (Fsp3) is 0.333. The van der Waals surface area contributed by atoms with Gasteiger partial charge < -0.3 is 9.47 Å². The second-order valence-corrected chi connectivity index (χ2v) is 5.72. The maximum atomic E-state index is 5.87. The molecule has 2 heterocycles. The van der Waals surface area contributed by atoms with Gasteiger partial charge in [0.15, 0.2) is 0 Å². The van der Waals surface area contributed by atoms with Crippen LogP contribution in [0.4, 0.5) is 0 Å². The van der Waals surface area contributed by atoms with Gasteiger partial charge in [-0.05, 0) is 24.5 Å². The molecule has 1 aromatic heterocycles. The molecule has 0 saturated heterocycles. The first-order chi connectivity index (χ1) is 9.83. The molecule has 0 fully saturated rings. The van der Waals surface area contributed by atoms with Gasteiger partial charge in [-0.1, -0.05) is 18.2 Å². The minimum absolute atomic E-state index is 0.0723. The molecule has 1 aromatic carbocycles. The standard InChI is InChI=1S/C15H18N2O2S/c1-18-11-8-13(20-9-11)14(17-16)12-6-2-4-10-5-3-7-19-15(10)12/h2,4,6,8-9,14,17H,3,5,7,16H2,1H3. The van der Waals surface area contributed by atoms with Gasteiger partial charge in [-0.2, -0.15) is 0 Å². The fourth-order valence-corrected chi connectivity index (χ4v) is 3.49. The molecule has 4 nitrogen and oxygen atoms in total. The average molecular weight is 290 g/mol. The van der Waals surface area contributed by atoms with E-state index >= 15 is 0 Å².